The van der Waals surface area contributed by atoms with Gasteiger partial charge in [0, 0.05) is 11.5 Å². The number of rotatable bonds is 2. The van der Waals surface area contributed by atoms with Crippen molar-refractivity contribution < 1.29 is 4.79 Å². The summed E-state index contributed by atoms with van der Waals surface area (Å²) >= 11 is 5.21. The Morgan fingerprint density at radius 3 is 2.90 bits per heavy atom. The molecule has 0 spiro atoms. The van der Waals surface area contributed by atoms with Gasteiger partial charge in [0.05, 0.1) is 0 Å². The molecule has 10 heavy (non-hydrogen) atoms. The average Bonchev–Trinajstić information content (AvgIpc) is 2.34. The monoisotopic (exact) mass is 172 g/mol. The molecule has 0 aliphatic heterocycles. The van der Waals surface area contributed by atoms with Gasteiger partial charge < -0.3 is 5.73 Å². The topological polar surface area (TPSA) is 68.9 Å². The lowest BCUT2D eigenvalue weighted by molar-refractivity contribution is 0.106. The van der Waals surface area contributed by atoms with E-state index in [0.29, 0.717) is 0 Å². The third-order valence-electron chi connectivity index (χ3n) is 0.738. The second kappa shape index (κ2) is 2.80. The van der Waals surface area contributed by atoms with Crippen LogP contribution in [0.3, 0.4) is 0 Å². The first kappa shape index (κ1) is 7.23. The second-order valence-corrected chi connectivity index (χ2v) is 2.37. The van der Waals surface area contributed by atoms with Crippen molar-refractivity contribution in [2.75, 3.05) is 5.73 Å². The van der Waals surface area contributed by atoms with E-state index in [-0.39, 0.29) is 11.0 Å². The van der Waals surface area contributed by atoms with Gasteiger partial charge in [-0.1, -0.05) is 12.2 Å². The molecule has 0 amide bonds. The molecular formula is C4H2N3OS2. The number of hydrogen-bond acceptors (Lipinski definition) is 6. The fourth-order valence-corrected chi connectivity index (χ4v) is 0.895. The fourth-order valence-electron chi connectivity index (χ4n) is 0.373. The van der Waals surface area contributed by atoms with Crippen LogP contribution < -0.4 is 5.73 Å². The Morgan fingerprint density at radius 2 is 2.50 bits per heavy atom. The Morgan fingerprint density at radius 1 is 1.80 bits per heavy atom. The zero-order valence-corrected chi connectivity index (χ0v) is 6.33. The van der Waals surface area contributed by atoms with Crippen molar-refractivity contribution in [1.29, 1.82) is 0 Å². The minimum atomic E-state index is -0.497. The van der Waals surface area contributed by atoms with Crippen LogP contribution in [0.25, 0.3) is 0 Å². The Bertz CT molecular complexity index is 269. The first-order chi connectivity index (χ1) is 4.74. The van der Waals surface area contributed by atoms with E-state index in [1.165, 1.54) is 0 Å². The lowest BCUT2D eigenvalue weighted by atomic mass is 10.4. The highest BCUT2D eigenvalue weighted by Crippen LogP contribution is 2.04. The van der Waals surface area contributed by atoms with Crippen LogP contribution in [-0.4, -0.2) is 20.5 Å². The number of aromatic nitrogens is 2. The highest BCUT2D eigenvalue weighted by Gasteiger charge is 2.07. The maximum atomic E-state index is 10.6. The Labute approximate surface area is 66.2 Å². The Hall–Kier alpha value is -0.880. The summed E-state index contributed by atoms with van der Waals surface area (Å²) in [6.45, 7) is 0. The molecule has 6 heteroatoms. The van der Waals surface area contributed by atoms with Crippen molar-refractivity contribution in [2.24, 2.45) is 0 Å². The van der Waals surface area contributed by atoms with Crippen LogP contribution in [0.15, 0.2) is 0 Å². The van der Waals surface area contributed by atoms with E-state index in [1.54, 1.807) is 0 Å². The maximum Gasteiger partial charge on any atom is 0.243 e. The molecule has 0 unspecified atom stereocenters. The van der Waals surface area contributed by atoms with Gasteiger partial charge in [0.15, 0.2) is 5.13 Å². The van der Waals surface area contributed by atoms with Gasteiger partial charge in [0.25, 0.3) is 0 Å². The number of hydrogen-bond donors (Lipinski definition) is 1. The molecule has 2 N–H and O–H groups in total. The standard InChI is InChI=1S/C4H2N3OS2/c5-4-6-3(7-10-4)2(8)1-9/h(H2,5,6,7). The van der Waals surface area contributed by atoms with Crippen molar-refractivity contribution in [3.05, 3.63) is 5.82 Å². The molecule has 4 nitrogen and oxygen atoms in total. The lowest BCUT2D eigenvalue weighted by Gasteiger charge is -1.78. The van der Waals surface area contributed by atoms with Gasteiger partial charge in [-0.3, -0.25) is 4.79 Å². The van der Waals surface area contributed by atoms with E-state index in [0.717, 1.165) is 11.5 Å². The number of anilines is 1. The van der Waals surface area contributed by atoms with Crippen LogP contribution in [0.4, 0.5) is 5.13 Å². The van der Waals surface area contributed by atoms with Crippen LogP contribution >= 0.6 is 23.8 Å². The molecular weight excluding hydrogens is 170 g/mol. The molecule has 0 saturated carbocycles. The number of nitrogen functional groups attached to an aromatic ring is 1. The van der Waals surface area contributed by atoms with Gasteiger partial charge in [-0.25, -0.2) is 0 Å². The van der Waals surface area contributed by atoms with Gasteiger partial charge in [0.1, 0.15) is 5.37 Å². The van der Waals surface area contributed by atoms with Crippen molar-refractivity contribution in [1.82, 2.24) is 9.36 Å². The summed E-state index contributed by atoms with van der Waals surface area (Å²) in [4.78, 5) is 14.2. The van der Waals surface area contributed by atoms with Gasteiger partial charge in [-0.2, -0.15) is 9.36 Å². The minimum Gasteiger partial charge on any atom is -0.374 e. The summed E-state index contributed by atoms with van der Waals surface area (Å²) in [6.07, 6.45) is 0. The molecule has 1 aromatic heterocycles. The van der Waals surface area contributed by atoms with E-state index >= 15 is 0 Å². The van der Waals surface area contributed by atoms with Crippen LogP contribution in [-0.2, 0) is 0 Å². The molecule has 0 atom stereocenters. The van der Waals surface area contributed by atoms with Crippen molar-refractivity contribution in [2.45, 2.75) is 0 Å². The molecule has 0 aromatic carbocycles. The number of carbonyl (C=O) groups is 1. The van der Waals surface area contributed by atoms with Gasteiger partial charge >= 0.3 is 0 Å². The molecule has 1 radical (unpaired) electrons. The average molecular weight is 172 g/mol. The molecule has 0 fully saturated rings. The summed E-state index contributed by atoms with van der Waals surface area (Å²) in [7, 11) is 0. The normalized spacial score (nSPS) is 9.20. The molecule has 0 aliphatic carbocycles. The van der Waals surface area contributed by atoms with Crippen LogP contribution in [0, 0.1) is 0 Å². The van der Waals surface area contributed by atoms with Crippen molar-refractivity contribution >= 4 is 40.0 Å². The van der Waals surface area contributed by atoms with Crippen molar-refractivity contribution in [3.63, 3.8) is 0 Å². The van der Waals surface area contributed by atoms with E-state index in [2.05, 4.69) is 21.6 Å². The molecule has 0 saturated heterocycles. The molecule has 0 bridgehead atoms. The number of ketones is 1. The number of carbonyl (C=O) groups excluding carboxylic acids is 1. The summed E-state index contributed by atoms with van der Waals surface area (Å²) in [6, 6.07) is 0. The molecule has 1 rings (SSSR count). The Balaban J connectivity index is 2.95. The third kappa shape index (κ3) is 1.34. The third-order valence-corrected chi connectivity index (χ3v) is 1.47. The number of nitrogens with zero attached hydrogens (tertiary/aromatic N) is 2. The highest BCUT2D eigenvalue weighted by molar-refractivity contribution is 7.80. The number of Topliss-reactive ketones (excluding diaryl/α,β-unsaturated/α-hetero) is 1. The predicted octanol–water partition coefficient (Wildman–Crippen LogP) is 0.180. The van der Waals surface area contributed by atoms with E-state index < -0.39 is 5.78 Å². The largest absolute Gasteiger partial charge is 0.374 e. The first-order valence-corrected chi connectivity index (χ1v) is 3.44. The van der Waals surface area contributed by atoms with Crippen LogP contribution in [0.2, 0.25) is 0 Å². The van der Waals surface area contributed by atoms with E-state index in [4.69, 9.17) is 5.73 Å². The fraction of sp³-hybridized carbons (Fsp3) is 0. The van der Waals surface area contributed by atoms with Crippen molar-refractivity contribution in [3.8, 4) is 0 Å². The lowest BCUT2D eigenvalue weighted by Crippen LogP contribution is -2.00. The summed E-state index contributed by atoms with van der Waals surface area (Å²) in [5.41, 5.74) is 5.20. The molecule has 0 aliphatic rings. The van der Waals surface area contributed by atoms with Crippen LogP contribution in [0.5, 0.6) is 0 Å². The highest BCUT2D eigenvalue weighted by atomic mass is 32.1. The number of nitrogens with two attached hydrogens (primary N) is 1. The molecule has 1 heterocycles. The number of thiocarbonyl (C=S) groups is 1. The summed E-state index contributed by atoms with van der Waals surface area (Å²) in [5, 5.41) is 2.22. The minimum absolute atomic E-state index is 0.0255. The maximum absolute atomic E-state index is 10.6. The zero-order valence-electron chi connectivity index (χ0n) is 4.70. The van der Waals surface area contributed by atoms with E-state index in [1.807, 2.05) is 5.37 Å². The predicted molar refractivity (Wildman–Crippen MR) is 41.2 cm³/mol. The molecule has 51 valence electrons. The van der Waals surface area contributed by atoms with E-state index in [9.17, 15) is 4.79 Å². The smallest absolute Gasteiger partial charge is 0.243 e. The second-order valence-electron chi connectivity index (χ2n) is 1.39. The molecule has 1 aromatic rings. The Kier molecular flexibility index (Phi) is 2.03. The van der Waals surface area contributed by atoms with Gasteiger partial charge in [0.2, 0.25) is 11.6 Å². The quantitative estimate of drug-likeness (QED) is 0.509. The SMILES string of the molecule is Nc1nc(C(=O)[C]=S)ns1. The zero-order chi connectivity index (χ0) is 7.56. The summed E-state index contributed by atoms with van der Waals surface area (Å²) < 4.78 is 3.61. The van der Waals surface area contributed by atoms with Gasteiger partial charge in [-0.05, 0) is 0 Å². The van der Waals surface area contributed by atoms with Gasteiger partial charge in [-0.15, -0.1) is 0 Å². The van der Waals surface area contributed by atoms with Crippen LogP contribution in [0.1, 0.15) is 10.6 Å². The first-order valence-electron chi connectivity index (χ1n) is 2.25. The summed E-state index contributed by atoms with van der Waals surface area (Å²) in [5.74, 6) is -0.472.